The molecule has 28 heavy (non-hydrogen) atoms. The quantitative estimate of drug-likeness (QED) is 0.793. The van der Waals surface area contributed by atoms with Gasteiger partial charge in [-0.3, -0.25) is 10.1 Å². The van der Waals surface area contributed by atoms with Gasteiger partial charge in [-0.1, -0.05) is 6.58 Å². The number of pyridine rings is 1. The number of rotatable bonds is 5. The number of hydrogen-bond acceptors (Lipinski definition) is 4. The van der Waals surface area contributed by atoms with Gasteiger partial charge in [0.15, 0.2) is 0 Å². The summed E-state index contributed by atoms with van der Waals surface area (Å²) in [6.45, 7) is 3.81. The Morgan fingerprint density at radius 2 is 1.89 bits per heavy atom. The second-order valence-corrected chi connectivity index (χ2v) is 7.86. The minimum absolute atomic E-state index is 0.0924. The summed E-state index contributed by atoms with van der Waals surface area (Å²) < 4.78 is 39.5. The number of alkyl halides is 3. The fourth-order valence-electron chi connectivity index (χ4n) is 3.92. The van der Waals surface area contributed by atoms with Crippen LogP contribution in [0, 0.1) is 11.8 Å². The molecule has 146 valence electrons. The van der Waals surface area contributed by atoms with Gasteiger partial charge in [0, 0.05) is 17.8 Å². The molecule has 8 heteroatoms. The van der Waals surface area contributed by atoms with E-state index in [0.29, 0.717) is 45.9 Å². The lowest BCUT2D eigenvalue weighted by molar-refractivity contribution is -0.0578. The molecule has 5 rings (SSSR count). The van der Waals surface area contributed by atoms with E-state index in [0.717, 1.165) is 11.6 Å². The van der Waals surface area contributed by atoms with Gasteiger partial charge in [-0.05, 0) is 55.2 Å². The molecule has 2 fully saturated rings. The van der Waals surface area contributed by atoms with Crippen LogP contribution < -0.4 is 5.32 Å². The minimum Gasteiger partial charge on any atom is -0.366 e. The van der Waals surface area contributed by atoms with Crippen molar-refractivity contribution in [3.05, 3.63) is 36.2 Å². The number of H-pyrrole nitrogens is 1. The van der Waals surface area contributed by atoms with Crippen LogP contribution in [0.5, 0.6) is 0 Å². The van der Waals surface area contributed by atoms with Crippen molar-refractivity contribution < 1.29 is 13.2 Å². The molecule has 0 radical (unpaired) electrons. The van der Waals surface area contributed by atoms with E-state index < -0.39 is 11.9 Å². The zero-order valence-electron chi connectivity index (χ0n) is 15.2. The molecule has 2 saturated carbocycles. The highest BCUT2D eigenvalue weighted by molar-refractivity contribution is 6.11. The average molecular weight is 387 g/mol. The second-order valence-electron chi connectivity index (χ2n) is 7.86. The Morgan fingerprint density at radius 1 is 1.18 bits per heavy atom. The van der Waals surface area contributed by atoms with Gasteiger partial charge in [0.25, 0.3) is 0 Å². The summed E-state index contributed by atoms with van der Waals surface area (Å²) in [5, 5.41) is 11.5. The smallest absolute Gasteiger partial charge is 0.366 e. The standard InChI is InChI=1S/C20H20F3N5/c1-10-9-25-15(20(21,22)23)8-13(10)18-16-14(27-28-18)6-7-24-19(16)26-17(11-2-3-11)12-4-5-12/h6-8,11-12,17H,1-5,9H2,(H,24,26)(H,27,28). The third-order valence-electron chi connectivity index (χ3n) is 5.69. The average Bonchev–Trinajstić information content (AvgIpc) is 3.57. The lowest BCUT2D eigenvalue weighted by Crippen LogP contribution is -2.25. The number of aromatic amines is 1. The summed E-state index contributed by atoms with van der Waals surface area (Å²) in [7, 11) is 0. The fraction of sp³-hybridized carbons (Fsp3) is 0.450. The van der Waals surface area contributed by atoms with Crippen LogP contribution in [-0.2, 0) is 0 Å². The van der Waals surface area contributed by atoms with E-state index in [-0.39, 0.29) is 6.54 Å². The molecular formula is C20H20F3N5. The van der Waals surface area contributed by atoms with Gasteiger partial charge in [-0.25, -0.2) is 4.98 Å². The number of fused-ring (bicyclic) bond motifs is 1. The van der Waals surface area contributed by atoms with Crippen LogP contribution in [0.15, 0.2) is 35.5 Å². The number of hydrogen-bond donors (Lipinski definition) is 2. The first-order chi connectivity index (χ1) is 13.4. The summed E-state index contributed by atoms with van der Waals surface area (Å²) in [4.78, 5) is 8.11. The summed E-state index contributed by atoms with van der Waals surface area (Å²) in [5.74, 6) is 2.00. The Morgan fingerprint density at radius 3 is 2.54 bits per heavy atom. The summed E-state index contributed by atoms with van der Waals surface area (Å²) in [6.07, 6.45) is 3.10. The van der Waals surface area contributed by atoms with Crippen molar-refractivity contribution >= 4 is 28.0 Å². The van der Waals surface area contributed by atoms with E-state index >= 15 is 0 Å². The van der Waals surface area contributed by atoms with Crippen molar-refractivity contribution in [1.82, 2.24) is 15.2 Å². The van der Waals surface area contributed by atoms with E-state index in [4.69, 9.17) is 0 Å². The van der Waals surface area contributed by atoms with Gasteiger partial charge in [0.05, 0.1) is 17.4 Å². The number of anilines is 1. The third-order valence-corrected chi connectivity index (χ3v) is 5.69. The van der Waals surface area contributed by atoms with E-state index in [1.54, 1.807) is 12.3 Å². The number of aliphatic imine (C=N–C) groups is 1. The Hall–Kier alpha value is -2.64. The molecule has 0 amide bonds. The topological polar surface area (TPSA) is 66.0 Å². The molecule has 2 N–H and O–H groups in total. The lowest BCUT2D eigenvalue weighted by Gasteiger charge is -2.20. The first kappa shape index (κ1) is 17.5. The molecule has 1 aliphatic heterocycles. The molecular weight excluding hydrogens is 367 g/mol. The molecule has 0 spiro atoms. The molecule has 2 aromatic rings. The Bertz CT molecular complexity index is 997. The third kappa shape index (κ3) is 3.10. The molecule has 0 atom stereocenters. The van der Waals surface area contributed by atoms with Crippen LogP contribution >= 0.6 is 0 Å². The second kappa shape index (κ2) is 6.18. The van der Waals surface area contributed by atoms with Crippen molar-refractivity contribution in [3.8, 4) is 0 Å². The maximum atomic E-state index is 13.2. The van der Waals surface area contributed by atoms with Crippen LogP contribution in [0.25, 0.3) is 16.5 Å². The first-order valence-corrected chi connectivity index (χ1v) is 9.53. The van der Waals surface area contributed by atoms with Gasteiger partial charge in [0.2, 0.25) is 0 Å². The zero-order chi connectivity index (χ0) is 19.5. The maximum Gasteiger partial charge on any atom is 0.432 e. The van der Waals surface area contributed by atoms with Crippen LogP contribution in [0.3, 0.4) is 0 Å². The van der Waals surface area contributed by atoms with Crippen molar-refractivity contribution in [3.63, 3.8) is 0 Å². The van der Waals surface area contributed by atoms with E-state index in [2.05, 4.69) is 32.1 Å². The number of halogens is 3. The Balaban J connectivity index is 1.58. The molecule has 3 aliphatic rings. The van der Waals surface area contributed by atoms with Crippen LogP contribution in [0.4, 0.5) is 19.0 Å². The van der Waals surface area contributed by atoms with Crippen LogP contribution in [0.2, 0.25) is 0 Å². The molecule has 3 heterocycles. The number of nitrogens with zero attached hydrogens (tertiary/aromatic N) is 3. The highest BCUT2D eigenvalue weighted by Crippen LogP contribution is 2.46. The molecule has 0 unspecified atom stereocenters. The number of dihydropyridines is 1. The first-order valence-electron chi connectivity index (χ1n) is 9.53. The van der Waals surface area contributed by atoms with E-state index in [9.17, 15) is 13.2 Å². The normalized spacial score (nSPS) is 20.5. The predicted octanol–water partition coefficient (Wildman–Crippen LogP) is 4.51. The van der Waals surface area contributed by atoms with Crippen molar-refractivity contribution in [2.45, 2.75) is 37.9 Å². The lowest BCUT2D eigenvalue weighted by atomic mass is 9.97. The molecule has 0 bridgehead atoms. The highest BCUT2D eigenvalue weighted by Gasteiger charge is 2.42. The van der Waals surface area contributed by atoms with Crippen LogP contribution in [-0.4, -0.2) is 39.7 Å². The molecule has 0 aromatic carbocycles. The Kier molecular flexibility index (Phi) is 3.86. The molecule has 0 saturated heterocycles. The number of allylic oxidation sites excluding steroid dienone is 1. The maximum absolute atomic E-state index is 13.2. The summed E-state index contributed by atoms with van der Waals surface area (Å²) in [6, 6.07) is 2.15. The minimum atomic E-state index is -4.50. The number of nitrogens with one attached hydrogen (secondary N) is 2. The highest BCUT2D eigenvalue weighted by atomic mass is 19.4. The number of aromatic nitrogens is 3. The Labute approximate surface area is 159 Å². The van der Waals surface area contributed by atoms with Crippen molar-refractivity contribution in [2.75, 3.05) is 11.9 Å². The van der Waals surface area contributed by atoms with Crippen LogP contribution in [0.1, 0.15) is 31.4 Å². The summed E-state index contributed by atoms with van der Waals surface area (Å²) in [5.41, 5.74) is 1.15. The zero-order valence-corrected chi connectivity index (χ0v) is 15.2. The van der Waals surface area contributed by atoms with Gasteiger partial charge in [-0.15, -0.1) is 0 Å². The van der Waals surface area contributed by atoms with Gasteiger partial charge in [-0.2, -0.15) is 18.3 Å². The monoisotopic (exact) mass is 387 g/mol. The SMILES string of the molecule is C=C1CN=C(C(F)(F)F)C=C1c1n[nH]c2ccnc(NC(C3CC3)C3CC3)c12. The predicted molar refractivity (Wildman–Crippen MR) is 102 cm³/mol. The summed E-state index contributed by atoms with van der Waals surface area (Å²) >= 11 is 0. The van der Waals surface area contributed by atoms with Crippen molar-refractivity contribution in [2.24, 2.45) is 16.8 Å². The molecule has 2 aromatic heterocycles. The fourth-order valence-corrected chi connectivity index (χ4v) is 3.92. The molecule has 2 aliphatic carbocycles. The van der Waals surface area contributed by atoms with E-state index in [1.165, 1.54) is 25.7 Å². The van der Waals surface area contributed by atoms with Gasteiger partial charge >= 0.3 is 6.18 Å². The van der Waals surface area contributed by atoms with Crippen molar-refractivity contribution in [1.29, 1.82) is 0 Å². The van der Waals surface area contributed by atoms with Gasteiger partial charge < -0.3 is 5.32 Å². The van der Waals surface area contributed by atoms with E-state index in [1.807, 2.05) is 0 Å². The van der Waals surface area contributed by atoms with Gasteiger partial charge in [0.1, 0.15) is 17.2 Å². The molecule has 5 nitrogen and oxygen atoms in total. The largest absolute Gasteiger partial charge is 0.432 e.